The van der Waals surface area contributed by atoms with Crippen molar-refractivity contribution in [3.05, 3.63) is 12.7 Å². The molecule has 18 heavy (non-hydrogen) atoms. The first-order valence-corrected chi connectivity index (χ1v) is 6.85. The predicted octanol–water partition coefficient (Wildman–Crippen LogP) is 3.53. The van der Waals surface area contributed by atoms with Gasteiger partial charge in [0.1, 0.15) is 0 Å². The molecule has 0 aromatic heterocycles. The number of rotatable bonds is 9. The molecular formula is C15H26O3. The van der Waals surface area contributed by atoms with Crippen molar-refractivity contribution in [3.63, 3.8) is 0 Å². The van der Waals surface area contributed by atoms with E-state index in [2.05, 4.69) is 13.5 Å². The average Bonchev–Trinajstić information content (AvgIpc) is 2.31. The van der Waals surface area contributed by atoms with Gasteiger partial charge < -0.3 is 4.74 Å². The van der Waals surface area contributed by atoms with Gasteiger partial charge in [-0.3, -0.25) is 4.79 Å². The summed E-state index contributed by atoms with van der Waals surface area (Å²) in [7, 11) is 0. The molecule has 104 valence electrons. The van der Waals surface area contributed by atoms with Crippen LogP contribution in [-0.4, -0.2) is 17.9 Å². The molecule has 0 unspecified atom stereocenters. The van der Waals surface area contributed by atoms with Gasteiger partial charge >= 0.3 is 5.97 Å². The molecule has 0 aliphatic rings. The summed E-state index contributed by atoms with van der Waals surface area (Å²) in [5.41, 5.74) is 0. The zero-order chi connectivity index (χ0) is 14.1. The number of hydrogen-bond acceptors (Lipinski definition) is 3. The van der Waals surface area contributed by atoms with Crippen LogP contribution in [0.3, 0.4) is 0 Å². The SMILES string of the molecule is C=C[C@H](CCC)[C@H](CCC)C(=O)C(=O)OC(C)C. The number of carbonyl (C=O) groups is 2. The quantitative estimate of drug-likeness (QED) is 0.359. The fraction of sp³-hybridized carbons (Fsp3) is 0.733. The molecule has 0 fully saturated rings. The molecule has 0 aliphatic heterocycles. The molecule has 0 heterocycles. The van der Waals surface area contributed by atoms with Gasteiger partial charge in [0.25, 0.3) is 0 Å². The number of allylic oxidation sites excluding steroid dienone is 1. The third kappa shape index (κ3) is 5.48. The third-order valence-electron chi connectivity index (χ3n) is 2.92. The van der Waals surface area contributed by atoms with Crippen molar-refractivity contribution >= 4 is 11.8 Å². The molecule has 3 heteroatoms. The lowest BCUT2D eigenvalue weighted by atomic mass is 9.82. The van der Waals surface area contributed by atoms with Crippen LogP contribution in [0.1, 0.15) is 53.4 Å². The van der Waals surface area contributed by atoms with Crippen molar-refractivity contribution in [2.45, 2.75) is 59.5 Å². The summed E-state index contributed by atoms with van der Waals surface area (Å²) >= 11 is 0. The van der Waals surface area contributed by atoms with E-state index < -0.39 is 11.8 Å². The standard InChI is InChI=1S/C15H26O3/c1-6-9-12(8-3)13(10-7-2)14(16)15(17)18-11(4)5/h8,11-13H,3,6-7,9-10H2,1-2,4-5H3/t12-,13+/m1/s1. The number of hydrogen-bond donors (Lipinski definition) is 0. The van der Waals surface area contributed by atoms with E-state index in [1.54, 1.807) is 19.9 Å². The van der Waals surface area contributed by atoms with Crippen LogP contribution < -0.4 is 0 Å². The van der Waals surface area contributed by atoms with Gasteiger partial charge in [0.2, 0.25) is 5.78 Å². The summed E-state index contributed by atoms with van der Waals surface area (Å²) in [6, 6.07) is 0. The van der Waals surface area contributed by atoms with Gasteiger partial charge in [-0.15, -0.1) is 6.58 Å². The van der Waals surface area contributed by atoms with E-state index in [1.165, 1.54) is 0 Å². The highest BCUT2D eigenvalue weighted by Crippen LogP contribution is 2.25. The molecule has 0 radical (unpaired) electrons. The maximum absolute atomic E-state index is 12.1. The summed E-state index contributed by atoms with van der Waals surface area (Å²) in [6.07, 6.45) is 4.99. The largest absolute Gasteiger partial charge is 0.457 e. The summed E-state index contributed by atoms with van der Waals surface area (Å²) in [4.78, 5) is 23.8. The zero-order valence-corrected chi connectivity index (χ0v) is 12.1. The van der Waals surface area contributed by atoms with Gasteiger partial charge in [0, 0.05) is 5.92 Å². The fourth-order valence-electron chi connectivity index (χ4n) is 2.09. The van der Waals surface area contributed by atoms with E-state index in [1.807, 2.05) is 6.92 Å². The highest BCUT2D eigenvalue weighted by molar-refractivity contribution is 6.34. The number of carbonyl (C=O) groups excluding carboxylic acids is 2. The monoisotopic (exact) mass is 254 g/mol. The Bertz CT molecular complexity index is 281. The summed E-state index contributed by atoms with van der Waals surface area (Å²) in [6.45, 7) is 11.4. The predicted molar refractivity (Wildman–Crippen MR) is 73.2 cm³/mol. The Morgan fingerprint density at radius 3 is 2.11 bits per heavy atom. The van der Waals surface area contributed by atoms with Gasteiger partial charge in [-0.1, -0.05) is 32.8 Å². The number of Topliss-reactive ketones (excluding diaryl/α,β-unsaturated/α-hetero) is 1. The Hall–Kier alpha value is -1.12. The Labute approximate surface area is 111 Å². The molecule has 0 spiro atoms. The van der Waals surface area contributed by atoms with E-state index in [0.717, 1.165) is 19.3 Å². The Balaban J connectivity index is 4.80. The average molecular weight is 254 g/mol. The van der Waals surface area contributed by atoms with E-state index in [4.69, 9.17) is 4.74 Å². The molecule has 0 amide bonds. The lowest BCUT2D eigenvalue weighted by Gasteiger charge is -2.22. The lowest BCUT2D eigenvalue weighted by molar-refractivity contribution is -0.159. The first-order chi connectivity index (χ1) is 8.47. The lowest BCUT2D eigenvalue weighted by Crippen LogP contribution is -2.32. The molecule has 0 aliphatic carbocycles. The van der Waals surface area contributed by atoms with Crippen molar-refractivity contribution in [2.75, 3.05) is 0 Å². The van der Waals surface area contributed by atoms with Crippen LogP contribution in [0.4, 0.5) is 0 Å². The van der Waals surface area contributed by atoms with Crippen LogP contribution in [0, 0.1) is 11.8 Å². The molecule has 0 saturated heterocycles. The van der Waals surface area contributed by atoms with Gasteiger partial charge in [-0.25, -0.2) is 4.79 Å². The highest BCUT2D eigenvalue weighted by Gasteiger charge is 2.31. The highest BCUT2D eigenvalue weighted by atomic mass is 16.5. The molecule has 0 N–H and O–H groups in total. The molecule has 3 nitrogen and oxygen atoms in total. The second-order valence-electron chi connectivity index (χ2n) is 4.90. The molecule has 0 aromatic rings. The van der Waals surface area contributed by atoms with E-state index in [-0.39, 0.29) is 17.9 Å². The molecule has 2 atom stereocenters. The van der Waals surface area contributed by atoms with E-state index in [9.17, 15) is 9.59 Å². The number of ketones is 1. The van der Waals surface area contributed by atoms with Crippen LogP contribution >= 0.6 is 0 Å². The smallest absolute Gasteiger partial charge is 0.375 e. The van der Waals surface area contributed by atoms with Gasteiger partial charge in [-0.05, 0) is 32.6 Å². The molecule has 0 saturated carbocycles. The Morgan fingerprint density at radius 1 is 1.17 bits per heavy atom. The third-order valence-corrected chi connectivity index (χ3v) is 2.92. The van der Waals surface area contributed by atoms with Crippen molar-refractivity contribution in [3.8, 4) is 0 Å². The van der Waals surface area contributed by atoms with Crippen LogP contribution in [-0.2, 0) is 14.3 Å². The molecule has 0 aromatic carbocycles. The maximum Gasteiger partial charge on any atom is 0.375 e. The van der Waals surface area contributed by atoms with Crippen LogP contribution in [0.5, 0.6) is 0 Å². The van der Waals surface area contributed by atoms with Crippen LogP contribution in [0.15, 0.2) is 12.7 Å². The van der Waals surface area contributed by atoms with Crippen molar-refractivity contribution in [1.82, 2.24) is 0 Å². The van der Waals surface area contributed by atoms with Crippen molar-refractivity contribution in [2.24, 2.45) is 11.8 Å². The minimum atomic E-state index is -0.702. The minimum Gasteiger partial charge on any atom is -0.457 e. The fourth-order valence-corrected chi connectivity index (χ4v) is 2.09. The molecule has 0 rings (SSSR count). The van der Waals surface area contributed by atoms with Gasteiger partial charge in [-0.2, -0.15) is 0 Å². The molecular weight excluding hydrogens is 228 g/mol. The molecule has 0 bridgehead atoms. The first kappa shape index (κ1) is 16.9. The van der Waals surface area contributed by atoms with E-state index in [0.29, 0.717) is 6.42 Å². The summed E-state index contributed by atoms with van der Waals surface area (Å²) < 4.78 is 4.99. The van der Waals surface area contributed by atoms with Crippen LogP contribution in [0.25, 0.3) is 0 Å². The summed E-state index contributed by atoms with van der Waals surface area (Å²) in [5, 5.41) is 0. The van der Waals surface area contributed by atoms with Gasteiger partial charge in [0.15, 0.2) is 0 Å². The van der Waals surface area contributed by atoms with Crippen molar-refractivity contribution in [1.29, 1.82) is 0 Å². The zero-order valence-electron chi connectivity index (χ0n) is 12.1. The summed E-state index contributed by atoms with van der Waals surface area (Å²) in [5.74, 6) is -1.31. The normalized spacial score (nSPS) is 14.1. The van der Waals surface area contributed by atoms with E-state index >= 15 is 0 Å². The second-order valence-corrected chi connectivity index (χ2v) is 4.90. The Morgan fingerprint density at radius 2 is 1.72 bits per heavy atom. The number of esters is 1. The Kier molecular flexibility index (Phi) is 8.34. The van der Waals surface area contributed by atoms with Crippen molar-refractivity contribution < 1.29 is 14.3 Å². The minimum absolute atomic E-state index is 0.0714. The first-order valence-electron chi connectivity index (χ1n) is 6.85. The second kappa shape index (κ2) is 8.90. The maximum atomic E-state index is 12.1. The van der Waals surface area contributed by atoms with Gasteiger partial charge in [0.05, 0.1) is 6.10 Å². The van der Waals surface area contributed by atoms with Crippen LogP contribution in [0.2, 0.25) is 0 Å². The topological polar surface area (TPSA) is 43.4 Å². The number of ether oxygens (including phenoxy) is 1.